The van der Waals surface area contributed by atoms with Crippen molar-refractivity contribution in [2.45, 2.75) is 32.9 Å². The fourth-order valence-electron chi connectivity index (χ4n) is 3.70. The van der Waals surface area contributed by atoms with Gasteiger partial charge in [-0.2, -0.15) is 0 Å². The fourth-order valence-corrected chi connectivity index (χ4v) is 4.84. The Labute approximate surface area is 183 Å². The van der Waals surface area contributed by atoms with Gasteiger partial charge in [0.05, 0.1) is 11.9 Å². The molecule has 0 radical (unpaired) electrons. The summed E-state index contributed by atoms with van der Waals surface area (Å²) in [6.45, 7) is 5.01. The van der Waals surface area contributed by atoms with Crippen LogP contribution < -0.4 is 9.62 Å². The molecular formula is C22H28ClN3O3S. The molecule has 1 N–H and O–H groups in total. The highest BCUT2D eigenvalue weighted by Crippen LogP contribution is 2.25. The van der Waals surface area contributed by atoms with Crippen molar-refractivity contribution in [2.75, 3.05) is 30.2 Å². The minimum absolute atomic E-state index is 0.283. The van der Waals surface area contributed by atoms with E-state index in [0.717, 1.165) is 35.8 Å². The Morgan fingerprint density at radius 3 is 2.50 bits per heavy atom. The topological polar surface area (TPSA) is 69.7 Å². The summed E-state index contributed by atoms with van der Waals surface area (Å²) in [5.41, 5.74) is 3.35. The van der Waals surface area contributed by atoms with Gasteiger partial charge < -0.3 is 5.32 Å². The average molecular weight is 450 g/mol. The number of benzene rings is 2. The molecule has 0 atom stereocenters. The highest BCUT2D eigenvalue weighted by Gasteiger charge is 2.22. The van der Waals surface area contributed by atoms with E-state index in [1.165, 1.54) is 18.4 Å². The molecular weight excluding hydrogens is 422 g/mol. The van der Waals surface area contributed by atoms with Gasteiger partial charge in [-0.05, 0) is 67.7 Å². The summed E-state index contributed by atoms with van der Waals surface area (Å²) in [6, 6.07) is 13.1. The number of carbonyl (C=O) groups excluding carboxylic acids is 1. The lowest BCUT2D eigenvalue weighted by Gasteiger charge is -2.23. The molecule has 0 aliphatic carbocycles. The van der Waals surface area contributed by atoms with Gasteiger partial charge in [0, 0.05) is 18.1 Å². The van der Waals surface area contributed by atoms with Crippen LogP contribution in [0.25, 0.3) is 0 Å². The summed E-state index contributed by atoms with van der Waals surface area (Å²) in [4.78, 5) is 15.0. The zero-order valence-corrected chi connectivity index (χ0v) is 19.0. The number of carbonyl (C=O) groups is 1. The zero-order valence-electron chi connectivity index (χ0n) is 17.4. The zero-order chi connectivity index (χ0) is 21.7. The van der Waals surface area contributed by atoms with Crippen molar-refractivity contribution in [3.63, 3.8) is 0 Å². The van der Waals surface area contributed by atoms with E-state index in [9.17, 15) is 13.2 Å². The quantitative estimate of drug-likeness (QED) is 0.671. The Morgan fingerprint density at radius 2 is 1.83 bits per heavy atom. The number of likely N-dealkylation sites (tertiary alicyclic amines) is 1. The van der Waals surface area contributed by atoms with Crippen LogP contribution in [0.15, 0.2) is 42.5 Å². The lowest BCUT2D eigenvalue weighted by molar-refractivity contribution is -0.119. The van der Waals surface area contributed by atoms with Crippen molar-refractivity contribution in [2.24, 2.45) is 0 Å². The molecule has 6 nitrogen and oxygen atoms in total. The molecule has 2 aromatic carbocycles. The van der Waals surface area contributed by atoms with Crippen LogP contribution in [0.4, 0.5) is 5.69 Å². The van der Waals surface area contributed by atoms with Crippen LogP contribution in [0.1, 0.15) is 29.5 Å². The molecule has 3 rings (SSSR count). The Hall–Kier alpha value is -2.09. The molecule has 2 aromatic rings. The highest BCUT2D eigenvalue weighted by atomic mass is 35.5. The number of aryl methyl sites for hydroxylation is 1. The van der Waals surface area contributed by atoms with Gasteiger partial charge in [-0.15, -0.1) is 0 Å². The van der Waals surface area contributed by atoms with E-state index in [1.54, 1.807) is 25.1 Å². The fraction of sp³-hybridized carbons (Fsp3) is 0.409. The van der Waals surface area contributed by atoms with Gasteiger partial charge in [-0.1, -0.05) is 35.9 Å². The average Bonchev–Trinajstić information content (AvgIpc) is 3.17. The second-order valence-electron chi connectivity index (χ2n) is 7.78. The predicted molar refractivity (Wildman–Crippen MR) is 121 cm³/mol. The van der Waals surface area contributed by atoms with Gasteiger partial charge in [0.25, 0.3) is 0 Å². The SMILES string of the molecule is Cc1cc(Cl)ccc1N(CC(=O)NCc1cccc(CN2CCCC2)c1)S(C)(=O)=O. The number of hydrogen-bond donors (Lipinski definition) is 1. The Bertz CT molecular complexity index is 1000. The maximum absolute atomic E-state index is 12.5. The van der Waals surface area contributed by atoms with Gasteiger partial charge in [0.15, 0.2) is 0 Å². The van der Waals surface area contributed by atoms with Crippen molar-refractivity contribution in [3.8, 4) is 0 Å². The Morgan fingerprint density at radius 1 is 1.13 bits per heavy atom. The molecule has 1 amide bonds. The van der Waals surface area contributed by atoms with Gasteiger partial charge >= 0.3 is 0 Å². The lowest BCUT2D eigenvalue weighted by Crippen LogP contribution is -2.40. The molecule has 30 heavy (non-hydrogen) atoms. The van der Waals surface area contributed by atoms with Gasteiger partial charge in [0.2, 0.25) is 15.9 Å². The molecule has 0 saturated carbocycles. The van der Waals surface area contributed by atoms with Crippen molar-refractivity contribution in [1.29, 1.82) is 0 Å². The van der Waals surface area contributed by atoms with Gasteiger partial charge in [0.1, 0.15) is 6.54 Å². The molecule has 1 fully saturated rings. The number of nitrogens with zero attached hydrogens (tertiary/aromatic N) is 2. The number of nitrogens with one attached hydrogen (secondary N) is 1. The van der Waals surface area contributed by atoms with Crippen LogP contribution >= 0.6 is 11.6 Å². The summed E-state index contributed by atoms with van der Waals surface area (Å²) in [7, 11) is -3.63. The van der Waals surface area contributed by atoms with Gasteiger partial charge in [-0.3, -0.25) is 14.0 Å². The summed E-state index contributed by atoms with van der Waals surface area (Å²) >= 11 is 5.98. The van der Waals surface area contributed by atoms with Crippen LogP contribution in [0.3, 0.4) is 0 Å². The Kier molecular flexibility index (Phi) is 7.39. The standard InChI is InChI=1S/C22H28ClN3O3S/c1-17-12-20(23)8-9-21(17)26(30(2,28)29)16-22(27)24-14-18-6-5-7-19(13-18)15-25-10-3-4-11-25/h5-9,12-13H,3-4,10-11,14-16H2,1-2H3,(H,24,27). The predicted octanol–water partition coefficient (Wildman–Crippen LogP) is 3.33. The third kappa shape index (κ3) is 6.20. The van der Waals surface area contributed by atoms with Crippen molar-refractivity contribution in [1.82, 2.24) is 10.2 Å². The van der Waals surface area contributed by atoms with Gasteiger partial charge in [-0.25, -0.2) is 8.42 Å². The first kappa shape index (κ1) is 22.6. The van der Waals surface area contributed by atoms with Crippen LogP contribution in [-0.4, -0.2) is 45.1 Å². The van der Waals surface area contributed by atoms with Crippen molar-refractivity contribution >= 4 is 33.2 Å². The van der Waals surface area contributed by atoms with E-state index < -0.39 is 10.0 Å². The molecule has 0 bridgehead atoms. The normalized spacial score (nSPS) is 14.6. The second kappa shape index (κ2) is 9.81. The van der Waals surface area contributed by atoms with Crippen LogP contribution in [0.2, 0.25) is 5.02 Å². The van der Waals surface area contributed by atoms with E-state index in [-0.39, 0.29) is 12.5 Å². The number of hydrogen-bond acceptors (Lipinski definition) is 4. The highest BCUT2D eigenvalue weighted by molar-refractivity contribution is 7.92. The number of amides is 1. The number of sulfonamides is 1. The number of rotatable bonds is 8. The largest absolute Gasteiger partial charge is 0.350 e. The molecule has 1 saturated heterocycles. The summed E-state index contributed by atoms with van der Waals surface area (Å²) < 4.78 is 25.7. The van der Waals surface area contributed by atoms with E-state index in [4.69, 9.17) is 11.6 Å². The van der Waals surface area contributed by atoms with E-state index in [2.05, 4.69) is 22.3 Å². The van der Waals surface area contributed by atoms with E-state index >= 15 is 0 Å². The third-order valence-electron chi connectivity index (χ3n) is 5.20. The van der Waals surface area contributed by atoms with Crippen LogP contribution in [0.5, 0.6) is 0 Å². The second-order valence-corrected chi connectivity index (χ2v) is 10.1. The minimum atomic E-state index is -3.63. The molecule has 0 spiro atoms. The van der Waals surface area contributed by atoms with Crippen LogP contribution in [0, 0.1) is 6.92 Å². The molecule has 0 aromatic heterocycles. The monoisotopic (exact) mass is 449 g/mol. The van der Waals surface area contributed by atoms with Crippen molar-refractivity contribution in [3.05, 3.63) is 64.2 Å². The number of anilines is 1. The first-order chi connectivity index (χ1) is 14.2. The number of halogens is 1. The first-order valence-corrected chi connectivity index (χ1v) is 12.3. The van der Waals surface area contributed by atoms with E-state index in [0.29, 0.717) is 22.8 Å². The maximum Gasteiger partial charge on any atom is 0.241 e. The molecule has 1 aliphatic rings. The minimum Gasteiger partial charge on any atom is -0.350 e. The third-order valence-corrected chi connectivity index (χ3v) is 6.56. The summed E-state index contributed by atoms with van der Waals surface area (Å²) in [5, 5.41) is 3.35. The molecule has 1 aliphatic heterocycles. The molecule has 162 valence electrons. The molecule has 1 heterocycles. The Balaban J connectivity index is 1.63. The van der Waals surface area contributed by atoms with Crippen LogP contribution in [-0.2, 0) is 27.9 Å². The smallest absolute Gasteiger partial charge is 0.241 e. The van der Waals surface area contributed by atoms with Crippen molar-refractivity contribution < 1.29 is 13.2 Å². The molecule has 0 unspecified atom stereocenters. The maximum atomic E-state index is 12.5. The van der Waals surface area contributed by atoms with E-state index in [1.807, 2.05) is 12.1 Å². The lowest BCUT2D eigenvalue weighted by atomic mass is 10.1. The summed E-state index contributed by atoms with van der Waals surface area (Å²) in [5.74, 6) is -0.361. The molecule has 8 heteroatoms. The first-order valence-electron chi connectivity index (χ1n) is 10.0. The summed E-state index contributed by atoms with van der Waals surface area (Å²) in [6.07, 6.45) is 3.59.